The van der Waals surface area contributed by atoms with Crippen LogP contribution in [0.4, 0.5) is 15.8 Å². The van der Waals surface area contributed by atoms with Crippen LogP contribution in [0.25, 0.3) is 0 Å². The standard InChI is InChI=1S/C24H26FN3O5/c25-18-14-17(26-19-7-9-21(29)27-22(19)30)6-8-20(18)28-12-10-24(32,11-13-28)23(31)33-15-16-4-2-1-3-5-16/h1-6,8,14,19,26,32H,7,9-13,15H2,(H,27,29,30). The minimum absolute atomic E-state index is 0.0853. The fraction of sp³-hybridized carbons (Fsp3) is 0.375. The van der Waals surface area contributed by atoms with Gasteiger partial charge in [0, 0.05) is 38.0 Å². The molecule has 9 heteroatoms. The molecule has 2 saturated heterocycles. The number of carbonyl (C=O) groups excluding carboxylic acids is 3. The molecule has 33 heavy (non-hydrogen) atoms. The van der Waals surface area contributed by atoms with E-state index in [9.17, 15) is 23.9 Å². The second kappa shape index (κ2) is 9.58. The SMILES string of the molecule is O=C1CCC(Nc2ccc(N3CCC(O)(C(=O)OCc4ccccc4)CC3)c(F)c2)C(=O)N1. The van der Waals surface area contributed by atoms with Crippen LogP contribution < -0.4 is 15.5 Å². The van der Waals surface area contributed by atoms with Gasteiger partial charge in [-0.05, 0) is 30.2 Å². The fourth-order valence-electron chi connectivity index (χ4n) is 4.06. The minimum atomic E-state index is -1.60. The average molecular weight is 455 g/mol. The summed E-state index contributed by atoms with van der Waals surface area (Å²) in [5.41, 5.74) is 0.0157. The Bertz CT molecular complexity index is 1040. The minimum Gasteiger partial charge on any atom is -0.459 e. The maximum absolute atomic E-state index is 14.8. The van der Waals surface area contributed by atoms with Crippen LogP contribution in [0.3, 0.4) is 0 Å². The molecular formula is C24H26FN3O5. The molecule has 2 aromatic carbocycles. The number of amides is 2. The van der Waals surface area contributed by atoms with E-state index in [0.717, 1.165) is 5.56 Å². The number of rotatable bonds is 6. The van der Waals surface area contributed by atoms with E-state index in [1.165, 1.54) is 6.07 Å². The Kier molecular flexibility index (Phi) is 6.60. The molecule has 2 amide bonds. The number of halogens is 1. The van der Waals surface area contributed by atoms with Crippen molar-refractivity contribution in [2.24, 2.45) is 0 Å². The molecule has 2 aliphatic rings. The molecule has 2 heterocycles. The lowest BCUT2D eigenvalue weighted by molar-refractivity contribution is -0.169. The zero-order valence-electron chi connectivity index (χ0n) is 18.1. The second-order valence-electron chi connectivity index (χ2n) is 8.39. The number of nitrogens with zero attached hydrogens (tertiary/aromatic N) is 1. The summed E-state index contributed by atoms with van der Waals surface area (Å²) in [6, 6.07) is 13.2. The van der Waals surface area contributed by atoms with Gasteiger partial charge in [-0.2, -0.15) is 0 Å². The Labute approximate surface area is 190 Å². The maximum Gasteiger partial charge on any atom is 0.338 e. The highest BCUT2D eigenvalue weighted by Crippen LogP contribution is 2.31. The molecule has 3 N–H and O–H groups in total. The Hall–Kier alpha value is -3.46. The second-order valence-corrected chi connectivity index (χ2v) is 8.39. The molecule has 0 radical (unpaired) electrons. The van der Waals surface area contributed by atoms with Crippen LogP contribution in [0.2, 0.25) is 0 Å². The third kappa shape index (κ3) is 5.31. The van der Waals surface area contributed by atoms with Crippen LogP contribution in [-0.4, -0.2) is 47.6 Å². The summed E-state index contributed by atoms with van der Waals surface area (Å²) in [6.07, 6.45) is 0.820. The molecule has 0 bridgehead atoms. The van der Waals surface area contributed by atoms with Crippen LogP contribution in [0.5, 0.6) is 0 Å². The summed E-state index contributed by atoms with van der Waals surface area (Å²) in [7, 11) is 0. The smallest absolute Gasteiger partial charge is 0.338 e. The third-order valence-electron chi connectivity index (χ3n) is 6.05. The van der Waals surface area contributed by atoms with Gasteiger partial charge in [0.1, 0.15) is 18.5 Å². The highest BCUT2D eigenvalue weighted by molar-refractivity contribution is 6.01. The van der Waals surface area contributed by atoms with Gasteiger partial charge < -0.3 is 20.1 Å². The summed E-state index contributed by atoms with van der Waals surface area (Å²) in [5, 5.41) is 16.0. The molecule has 1 unspecified atom stereocenters. The van der Waals surface area contributed by atoms with E-state index in [4.69, 9.17) is 4.74 Å². The predicted molar refractivity (Wildman–Crippen MR) is 119 cm³/mol. The lowest BCUT2D eigenvalue weighted by Gasteiger charge is -2.37. The molecule has 2 fully saturated rings. The quantitative estimate of drug-likeness (QED) is 0.452. The number of hydrogen-bond donors (Lipinski definition) is 3. The van der Waals surface area contributed by atoms with E-state index in [1.807, 2.05) is 30.3 Å². The molecule has 0 spiro atoms. The molecule has 1 atom stereocenters. The Morgan fingerprint density at radius 1 is 1.18 bits per heavy atom. The van der Waals surface area contributed by atoms with Crippen LogP contribution in [0.1, 0.15) is 31.2 Å². The van der Waals surface area contributed by atoms with Crippen molar-refractivity contribution < 1.29 is 28.6 Å². The van der Waals surface area contributed by atoms with E-state index in [2.05, 4.69) is 10.6 Å². The van der Waals surface area contributed by atoms with Crippen LogP contribution in [0.15, 0.2) is 48.5 Å². The van der Waals surface area contributed by atoms with Crippen molar-refractivity contribution in [1.82, 2.24) is 5.32 Å². The van der Waals surface area contributed by atoms with Crippen LogP contribution in [-0.2, 0) is 25.7 Å². The van der Waals surface area contributed by atoms with Crippen molar-refractivity contribution in [2.75, 3.05) is 23.3 Å². The van der Waals surface area contributed by atoms with Crippen molar-refractivity contribution in [1.29, 1.82) is 0 Å². The molecule has 0 saturated carbocycles. The number of carbonyl (C=O) groups is 3. The zero-order chi connectivity index (χ0) is 23.4. The van der Waals surface area contributed by atoms with Crippen molar-refractivity contribution in [3.05, 3.63) is 59.9 Å². The van der Waals surface area contributed by atoms with Gasteiger partial charge in [-0.1, -0.05) is 30.3 Å². The van der Waals surface area contributed by atoms with E-state index in [0.29, 0.717) is 17.8 Å². The van der Waals surface area contributed by atoms with Crippen LogP contribution in [0, 0.1) is 5.82 Å². The Balaban J connectivity index is 1.33. The largest absolute Gasteiger partial charge is 0.459 e. The monoisotopic (exact) mass is 455 g/mol. The molecule has 4 rings (SSSR count). The number of ether oxygens (including phenoxy) is 1. The summed E-state index contributed by atoms with van der Waals surface area (Å²) in [5.74, 6) is -1.89. The molecule has 0 aromatic heterocycles. The number of esters is 1. The first-order valence-electron chi connectivity index (χ1n) is 10.9. The number of imide groups is 1. The molecule has 2 aliphatic heterocycles. The highest BCUT2D eigenvalue weighted by atomic mass is 19.1. The van der Waals surface area contributed by atoms with Gasteiger partial charge >= 0.3 is 5.97 Å². The maximum atomic E-state index is 14.8. The van der Waals surface area contributed by atoms with Crippen LogP contribution >= 0.6 is 0 Å². The summed E-state index contributed by atoms with van der Waals surface area (Å²) in [6.45, 7) is 0.656. The lowest BCUT2D eigenvalue weighted by Crippen LogP contribution is -2.50. The summed E-state index contributed by atoms with van der Waals surface area (Å²) < 4.78 is 20.1. The molecule has 2 aromatic rings. The normalized spacial score (nSPS) is 20.2. The molecular weight excluding hydrogens is 429 g/mol. The summed E-state index contributed by atoms with van der Waals surface area (Å²) in [4.78, 5) is 37.4. The summed E-state index contributed by atoms with van der Waals surface area (Å²) >= 11 is 0. The third-order valence-corrected chi connectivity index (χ3v) is 6.05. The number of anilines is 2. The molecule has 8 nitrogen and oxygen atoms in total. The number of aliphatic hydroxyl groups is 1. The number of hydrogen-bond acceptors (Lipinski definition) is 7. The fourth-order valence-corrected chi connectivity index (χ4v) is 4.06. The van der Waals surface area contributed by atoms with Gasteiger partial charge in [-0.3, -0.25) is 14.9 Å². The number of nitrogens with one attached hydrogen (secondary N) is 2. The topological polar surface area (TPSA) is 108 Å². The molecule has 0 aliphatic carbocycles. The zero-order valence-corrected chi connectivity index (χ0v) is 18.1. The van der Waals surface area contributed by atoms with Gasteiger partial charge in [-0.25, -0.2) is 9.18 Å². The van der Waals surface area contributed by atoms with Crippen molar-refractivity contribution >= 4 is 29.2 Å². The highest BCUT2D eigenvalue weighted by Gasteiger charge is 2.41. The molecule has 174 valence electrons. The van der Waals surface area contributed by atoms with Gasteiger partial charge in [-0.15, -0.1) is 0 Å². The average Bonchev–Trinajstić information content (AvgIpc) is 2.81. The van der Waals surface area contributed by atoms with Crippen molar-refractivity contribution in [3.8, 4) is 0 Å². The first-order chi connectivity index (χ1) is 15.8. The van der Waals surface area contributed by atoms with E-state index >= 15 is 0 Å². The first-order valence-corrected chi connectivity index (χ1v) is 10.9. The lowest BCUT2D eigenvalue weighted by atomic mass is 9.91. The van der Waals surface area contributed by atoms with Gasteiger partial charge in [0.15, 0.2) is 5.60 Å². The first kappa shape index (κ1) is 22.7. The Morgan fingerprint density at radius 2 is 1.91 bits per heavy atom. The van der Waals surface area contributed by atoms with Gasteiger partial charge in [0.05, 0.1) is 5.69 Å². The van der Waals surface area contributed by atoms with Crippen molar-refractivity contribution in [2.45, 2.75) is 43.9 Å². The van der Waals surface area contributed by atoms with E-state index < -0.39 is 29.3 Å². The Morgan fingerprint density at radius 3 is 2.58 bits per heavy atom. The van der Waals surface area contributed by atoms with Gasteiger partial charge in [0.25, 0.3) is 0 Å². The number of piperidine rings is 2. The number of benzene rings is 2. The van der Waals surface area contributed by atoms with E-state index in [1.54, 1.807) is 17.0 Å². The van der Waals surface area contributed by atoms with Crippen molar-refractivity contribution in [3.63, 3.8) is 0 Å². The van der Waals surface area contributed by atoms with E-state index in [-0.39, 0.29) is 44.9 Å². The van der Waals surface area contributed by atoms with Gasteiger partial charge in [0.2, 0.25) is 11.8 Å². The predicted octanol–water partition coefficient (Wildman–Crippen LogP) is 2.12.